The van der Waals surface area contributed by atoms with Gasteiger partial charge in [-0.25, -0.2) is 18.2 Å². The van der Waals surface area contributed by atoms with Crippen molar-refractivity contribution in [3.05, 3.63) is 24.2 Å². The first-order valence-electron chi connectivity index (χ1n) is 9.14. The van der Waals surface area contributed by atoms with Gasteiger partial charge in [0, 0.05) is 26.0 Å². The summed E-state index contributed by atoms with van der Waals surface area (Å²) >= 11 is 0. The highest BCUT2D eigenvalue weighted by molar-refractivity contribution is 7.90. The Morgan fingerprint density at radius 1 is 1.26 bits per heavy atom. The minimum Gasteiger partial charge on any atom is -0.465 e. The van der Waals surface area contributed by atoms with Gasteiger partial charge in [-0.1, -0.05) is 6.08 Å². The van der Waals surface area contributed by atoms with Gasteiger partial charge < -0.3 is 14.7 Å². The van der Waals surface area contributed by atoms with Gasteiger partial charge in [0.15, 0.2) is 14.9 Å². The van der Waals surface area contributed by atoms with Crippen molar-refractivity contribution in [3.8, 4) is 0 Å². The third kappa shape index (κ3) is 5.26. The van der Waals surface area contributed by atoms with E-state index in [1.54, 1.807) is 0 Å². The highest BCUT2D eigenvalue weighted by atomic mass is 32.2. The van der Waals surface area contributed by atoms with E-state index in [0.717, 1.165) is 43.9 Å². The molecule has 0 bridgehead atoms. The number of aromatic nitrogens is 2. The van der Waals surface area contributed by atoms with Gasteiger partial charge >= 0.3 is 6.09 Å². The summed E-state index contributed by atoms with van der Waals surface area (Å²) in [6, 6.07) is 0. The molecule has 1 N–H and O–H groups in total. The number of hydrogen-bond acceptors (Lipinski definition) is 6. The molecule has 1 atom stereocenters. The molecule has 0 spiro atoms. The van der Waals surface area contributed by atoms with Gasteiger partial charge in [-0.15, -0.1) is 0 Å². The Bertz CT molecular complexity index is 799. The van der Waals surface area contributed by atoms with Crippen molar-refractivity contribution in [2.75, 3.05) is 26.0 Å². The van der Waals surface area contributed by atoms with Crippen LogP contribution in [0.4, 0.5) is 4.79 Å². The van der Waals surface area contributed by atoms with Crippen molar-refractivity contribution in [1.29, 1.82) is 0 Å². The lowest BCUT2D eigenvalue weighted by atomic mass is 9.94. The highest BCUT2D eigenvalue weighted by Crippen LogP contribution is 2.28. The molecule has 1 aliphatic carbocycles. The van der Waals surface area contributed by atoms with Crippen LogP contribution in [0.15, 0.2) is 23.5 Å². The number of carboxylic acid groups (broad SMARTS) is 1. The van der Waals surface area contributed by atoms with E-state index in [9.17, 15) is 13.2 Å². The van der Waals surface area contributed by atoms with Gasteiger partial charge in [0.1, 0.15) is 0 Å². The average Bonchev–Trinajstić information content (AvgIpc) is 2.66. The topological polar surface area (TPSA) is 110 Å². The number of sulfone groups is 1. The van der Waals surface area contributed by atoms with Crippen LogP contribution in [0.1, 0.15) is 37.8 Å². The zero-order valence-electron chi connectivity index (χ0n) is 15.4. The van der Waals surface area contributed by atoms with Gasteiger partial charge in [0.2, 0.25) is 0 Å². The number of piperidine rings is 1. The Balaban J connectivity index is 1.47. The minimum absolute atomic E-state index is 0.0159. The van der Waals surface area contributed by atoms with E-state index in [-0.39, 0.29) is 11.1 Å². The maximum absolute atomic E-state index is 11.5. The second kappa shape index (κ2) is 8.35. The smallest absolute Gasteiger partial charge is 0.407 e. The normalized spacial score (nSPS) is 21.7. The predicted molar refractivity (Wildman–Crippen MR) is 99.0 cm³/mol. The van der Waals surface area contributed by atoms with Crippen LogP contribution in [0.5, 0.6) is 0 Å². The van der Waals surface area contributed by atoms with Crippen molar-refractivity contribution in [2.45, 2.75) is 43.2 Å². The van der Waals surface area contributed by atoms with Crippen LogP contribution in [0, 0.1) is 5.92 Å². The molecule has 2 aliphatic rings. The van der Waals surface area contributed by atoms with Gasteiger partial charge in [-0.3, -0.25) is 4.98 Å². The van der Waals surface area contributed by atoms with E-state index in [1.807, 2.05) is 0 Å². The third-order valence-corrected chi connectivity index (χ3v) is 6.12. The van der Waals surface area contributed by atoms with E-state index >= 15 is 0 Å². The molecule has 1 aromatic rings. The lowest BCUT2D eigenvalue weighted by Crippen LogP contribution is -2.38. The van der Waals surface area contributed by atoms with Crippen molar-refractivity contribution in [3.63, 3.8) is 0 Å². The summed E-state index contributed by atoms with van der Waals surface area (Å²) in [6.45, 7) is 1.84. The van der Waals surface area contributed by atoms with Crippen LogP contribution >= 0.6 is 0 Å². The summed E-state index contributed by atoms with van der Waals surface area (Å²) in [7, 11) is -3.33. The Kier molecular flexibility index (Phi) is 6.11. The van der Waals surface area contributed by atoms with Crippen LogP contribution in [-0.4, -0.2) is 66.5 Å². The van der Waals surface area contributed by atoms with Crippen molar-refractivity contribution in [1.82, 2.24) is 14.9 Å². The lowest BCUT2D eigenvalue weighted by Gasteiger charge is -2.31. The van der Waals surface area contributed by atoms with Crippen LogP contribution < -0.4 is 0 Å². The summed E-state index contributed by atoms with van der Waals surface area (Å²) in [6.07, 6.45) is 9.53. The number of likely N-dealkylation sites (tertiary alicyclic amines) is 1. The molecular weight excluding hydrogens is 370 g/mol. The number of nitrogens with zero attached hydrogens (tertiary/aromatic N) is 3. The number of rotatable bonds is 5. The van der Waals surface area contributed by atoms with Crippen LogP contribution in [0.2, 0.25) is 0 Å². The number of carbonyl (C=O) groups is 1. The first kappa shape index (κ1) is 19.8. The van der Waals surface area contributed by atoms with E-state index < -0.39 is 15.9 Å². The number of amides is 1. The molecule has 2 heterocycles. The Hall–Kier alpha value is -2.00. The number of allylic oxidation sites excluding steroid dienone is 1. The maximum Gasteiger partial charge on any atom is 0.407 e. The predicted octanol–water partition coefficient (Wildman–Crippen LogP) is 2.22. The van der Waals surface area contributed by atoms with Crippen molar-refractivity contribution < 1.29 is 23.1 Å². The zero-order valence-corrected chi connectivity index (χ0v) is 16.2. The van der Waals surface area contributed by atoms with E-state index in [1.165, 1.54) is 17.3 Å². The minimum atomic E-state index is -3.33. The third-order valence-electron chi connectivity index (χ3n) is 5.15. The van der Waals surface area contributed by atoms with Gasteiger partial charge in [-0.05, 0) is 43.6 Å². The summed E-state index contributed by atoms with van der Waals surface area (Å²) < 4.78 is 28.9. The Labute approximate surface area is 159 Å². The molecule has 1 saturated heterocycles. The molecule has 0 aromatic carbocycles. The molecule has 1 aromatic heterocycles. The van der Waals surface area contributed by atoms with E-state index in [2.05, 4.69) is 16.0 Å². The molecule has 1 amide bonds. The molecule has 1 aliphatic heterocycles. The fraction of sp³-hybridized carbons (Fsp3) is 0.611. The van der Waals surface area contributed by atoms with Gasteiger partial charge in [-0.2, -0.15) is 0 Å². The van der Waals surface area contributed by atoms with Gasteiger partial charge in [0.05, 0.1) is 24.2 Å². The average molecular weight is 395 g/mol. The molecule has 0 radical (unpaired) electrons. The number of hydrogen-bond donors (Lipinski definition) is 1. The molecule has 1 fully saturated rings. The Morgan fingerprint density at radius 2 is 2.00 bits per heavy atom. The largest absolute Gasteiger partial charge is 0.465 e. The maximum atomic E-state index is 11.5. The van der Waals surface area contributed by atoms with E-state index in [4.69, 9.17) is 9.84 Å². The molecule has 9 heteroatoms. The number of ether oxygens (including phenoxy) is 1. The summed E-state index contributed by atoms with van der Waals surface area (Å²) in [5.74, 6) is 0.417. The molecule has 0 saturated carbocycles. The summed E-state index contributed by atoms with van der Waals surface area (Å²) in [5.41, 5.74) is 1.78. The second-order valence-corrected chi connectivity index (χ2v) is 9.15. The van der Waals surface area contributed by atoms with Crippen LogP contribution in [0.25, 0.3) is 5.57 Å². The molecule has 148 valence electrons. The van der Waals surface area contributed by atoms with Gasteiger partial charge in [0.25, 0.3) is 0 Å². The Morgan fingerprint density at radius 3 is 2.52 bits per heavy atom. The molecule has 3 rings (SSSR count). The van der Waals surface area contributed by atoms with Crippen molar-refractivity contribution >= 4 is 21.5 Å². The zero-order chi connectivity index (χ0) is 19.4. The van der Waals surface area contributed by atoms with Crippen molar-refractivity contribution in [2.24, 2.45) is 5.92 Å². The lowest BCUT2D eigenvalue weighted by molar-refractivity contribution is 0.0101. The fourth-order valence-corrected chi connectivity index (χ4v) is 3.92. The first-order valence-corrected chi connectivity index (χ1v) is 11.0. The highest BCUT2D eigenvalue weighted by Gasteiger charge is 2.24. The molecule has 27 heavy (non-hydrogen) atoms. The first-order chi connectivity index (χ1) is 12.8. The van der Waals surface area contributed by atoms with Crippen LogP contribution in [0.3, 0.4) is 0 Å². The second-order valence-electron chi connectivity index (χ2n) is 7.18. The summed E-state index contributed by atoms with van der Waals surface area (Å²) in [4.78, 5) is 20.6. The SMILES string of the molecule is CS(=O)(=O)c1cnc(C2=CCC(OCC3CCN(C(=O)O)CC3)CC2)cn1. The standard InChI is InChI=1S/C18H25N3O5S/c1-27(24,25)17-11-19-16(10-20-17)14-2-4-15(5-3-14)26-12-13-6-8-21(9-7-13)18(22)23/h2,10-11,13,15H,3-9,12H2,1H3,(H,22,23). The molecular formula is C18H25N3O5S. The molecule has 1 unspecified atom stereocenters. The van der Waals surface area contributed by atoms with E-state index in [0.29, 0.717) is 31.3 Å². The van der Waals surface area contributed by atoms with Crippen LogP contribution in [-0.2, 0) is 14.6 Å². The molecule has 8 nitrogen and oxygen atoms in total. The monoisotopic (exact) mass is 395 g/mol. The quantitative estimate of drug-likeness (QED) is 0.814. The summed E-state index contributed by atoms with van der Waals surface area (Å²) in [5, 5.41) is 8.96. The fourth-order valence-electron chi connectivity index (χ4n) is 3.43.